The Balaban J connectivity index is 3.47. The van der Waals surface area contributed by atoms with Gasteiger partial charge in [-0.05, 0) is 13.0 Å². The van der Waals surface area contributed by atoms with Gasteiger partial charge in [0.15, 0.2) is 0 Å². The highest BCUT2D eigenvalue weighted by molar-refractivity contribution is 5.23. The molecule has 15 heavy (non-hydrogen) atoms. The van der Waals surface area contributed by atoms with Gasteiger partial charge in [-0.25, -0.2) is 4.79 Å². The molecule has 5 heteroatoms. The van der Waals surface area contributed by atoms with E-state index in [2.05, 4.69) is 9.97 Å². The highest BCUT2D eigenvalue weighted by Crippen LogP contribution is 2.20. The van der Waals surface area contributed by atoms with Crippen LogP contribution in [0.4, 0.5) is 0 Å². The smallest absolute Gasteiger partial charge is 0.325 e. The summed E-state index contributed by atoms with van der Waals surface area (Å²) in [5.41, 5.74) is 5.61. The molecule has 5 nitrogen and oxygen atoms in total. The summed E-state index contributed by atoms with van der Waals surface area (Å²) in [6.07, 6.45) is 0.471. The molecule has 1 heterocycles. The summed E-state index contributed by atoms with van der Waals surface area (Å²) in [4.78, 5) is 27.6. The van der Waals surface area contributed by atoms with Gasteiger partial charge in [-0.1, -0.05) is 20.8 Å². The van der Waals surface area contributed by atoms with Crippen LogP contribution in [0.5, 0.6) is 0 Å². The third-order valence-electron chi connectivity index (χ3n) is 2.19. The predicted molar refractivity (Wildman–Crippen MR) is 59.1 cm³/mol. The molecule has 0 radical (unpaired) electrons. The van der Waals surface area contributed by atoms with Crippen molar-refractivity contribution in [3.05, 3.63) is 32.1 Å². The Kier molecular flexibility index (Phi) is 3.14. The Labute approximate surface area is 87.7 Å². The van der Waals surface area contributed by atoms with Crippen LogP contribution in [0, 0.1) is 0 Å². The van der Waals surface area contributed by atoms with Gasteiger partial charge in [0.25, 0.3) is 5.56 Å². The molecule has 0 aliphatic rings. The van der Waals surface area contributed by atoms with Crippen LogP contribution in [0.15, 0.2) is 9.59 Å². The summed E-state index contributed by atoms with van der Waals surface area (Å²) in [6, 6.07) is 0. The summed E-state index contributed by atoms with van der Waals surface area (Å²) in [5, 5.41) is 0. The lowest BCUT2D eigenvalue weighted by atomic mass is 9.88. The first-order valence-electron chi connectivity index (χ1n) is 4.92. The topological polar surface area (TPSA) is 91.7 Å². The molecule has 0 saturated carbocycles. The number of H-pyrrole nitrogens is 2. The van der Waals surface area contributed by atoms with E-state index < -0.39 is 5.69 Å². The van der Waals surface area contributed by atoms with Crippen molar-refractivity contribution in [1.29, 1.82) is 0 Å². The second kappa shape index (κ2) is 4.02. The second-order valence-corrected chi connectivity index (χ2v) is 4.55. The first-order chi connectivity index (χ1) is 6.86. The van der Waals surface area contributed by atoms with Crippen molar-refractivity contribution >= 4 is 0 Å². The van der Waals surface area contributed by atoms with Gasteiger partial charge in [-0.2, -0.15) is 0 Å². The quantitative estimate of drug-likeness (QED) is 0.636. The minimum atomic E-state index is -0.467. The van der Waals surface area contributed by atoms with Gasteiger partial charge in [0.2, 0.25) is 0 Å². The highest BCUT2D eigenvalue weighted by atomic mass is 16.2. The minimum absolute atomic E-state index is 0.266. The Morgan fingerprint density at radius 3 is 2.27 bits per heavy atom. The van der Waals surface area contributed by atoms with Crippen LogP contribution in [0.1, 0.15) is 32.0 Å². The molecule has 1 rings (SSSR count). The summed E-state index contributed by atoms with van der Waals surface area (Å²) < 4.78 is 0. The molecule has 0 atom stereocenters. The maximum Gasteiger partial charge on any atom is 0.325 e. The third-order valence-corrected chi connectivity index (χ3v) is 2.19. The lowest BCUT2D eigenvalue weighted by Gasteiger charge is -2.21. The Morgan fingerprint density at radius 1 is 1.20 bits per heavy atom. The fraction of sp³-hybridized carbons (Fsp3) is 0.600. The van der Waals surface area contributed by atoms with E-state index in [0.29, 0.717) is 24.2 Å². The van der Waals surface area contributed by atoms with Gasteiger partial charge >= 0.3 is 5.69 Å². The van der Waals surface area contributed by atoms with E-state index in [9.17, 15) is 9.59 Å². The molecule has 1 aromatic rings. The lowest BCUT2D eigenvalue weighted by molar-refractivity contribution is 0.552. The van der Waals surface area contributed by atoms with Crippen LogP contribution in [0.2, 0.25) is 0 Å². The molecule has 0 aromatic carbocycles. The standard InChI is InChI=1S/C10H17N3O2/c1-10(2,3)7-6(4-5-11)8(14)13-9(15)12-7/h4-5,11H2,1-3H3,(H2,12,13,14,15). The van der Waals surface area contributed by atoms with E-state index in [0.717, 1.165) is 0 Å². The van der Waals surface area contributed by atoms with Crippen molar-refractivity contribution in [2.45, 2.75) is 32.6 Å². The van der Waals surface area contributed by atoms with Crippen molar-refractivity contribution in [1.82, 2.24) is 9.97 Å². The molecular weight excluding hydrogens is 194 g/mol. The SMILES string of the molecule is CC(C)(C)c1[nH]c(=O)[nH]c(=O)c1CCN. The molecule has 0 spiro atoms. The number of hydrogen-bond acceptors (Lipinski definition) is 3. The maximum absolute atomic E-state index is 11.6. The number of rotatable bonds is 2. The first-order valence-corrected chi connectivity index (χ1v) is 4.92. The second-order valence-electron chi connectivity index (χ2n) is 4.55. The molecule has 84 valence electrons. The van der Waals surface area contributed by atoms with Crippen molar-refractivity contribution in [2.24, 2.45) is 5.73 Å². The molecule has 0 unspecified atom stereocenters. The number of nitrogens with one attached hydrogen (secondary N) is 2. The minimum Gasteiger partial charge on any atom is -0.330 e. The first kappa shape index (κ1) is 11.7. The number of nitrogens with two attached hydrogens (primary N) is 1. The van der Waals surface area contributed by atoms with Crippen LogP contribution in [-0.4, -0.2) is 16.5 Å². The Morgan fingerprint density at radius 2 is 1.80 bits per heavy atom. The Bertz CT molecular complexity index is 451. The van der Waals surface area contributed by atoms with Gasteiger partial charge in [0, 0.05) is 16.7 Å². The van der Waals surface area contributed by atoms with Gasteiger partial charge in [0.1, 0.15) is 0 Å². The van der Waals surface area contributed by atoms with Crippen LogP contribution < -0.4 is 17.0 Å². The zero-order chi connectivity index (χ0) is 11.6. The van der Waals surface area contributed by atoms with Crippen LogP contribution in [0.3, 0.4) is 0 Å². The van der Waals surface area contributed by atoms with Crippen LogP contribution in [-0.2, 0) is 11.8 Å². The Hall–Kier alpha value is -1.36. The number of aromatic nitrogens is 2. The van der Waals surface area contributed by atoms with Crippen LogP contribution in [0.25, 0.3) is 0 Å². The van der Waals surface area contributed by atoms with E-state index in [1.165, 1.54) is 0 Å². The van der Waals surface area contributed by atoms with E-state index in [-0.39, 0.29) is 11.0 Å². The summed E-state index contributed by atoms with van der Waals surface area (Å²) in [5.74, 6) is 0. The van der Waals surface area contributed by atoms with Gasteiger partial charge in [-0.15, -0.1) is 0 Å². The van der Waals surface area contributed by atoms with Crippen molar-refractivity contribution in [3.63, 3.8) is 0 Å². The van der Waals surface area contributed by atoms with E-state index in [4.69, 9.17) is 5.73 Å². The van der Waals surface area contributed by atoms with Crippen LogP contribution >= 0.6 is 0 Å². The molecular formula is C10H17N3O2. The third kappa shape index (κ3) is 2.56. The fourth-order valence-electron chi connectivity index (χ4n) is 1.54. The largest absolute Gasteiger partial charge is 0.330 e. The molecule has 0 fully saturated rings. The van der Waals surface area contributed by atoms with Gasteiger partial charge in [-0.3, -0.25) is 9.78 Å². The van der Waals surface area contributed by atoms with Crippen molar-refractivity contribution in [2.75, 3.05) is 6.54 Å². The highest BCUT2D eigenvalue weighted by Gasteiger charge is 2.21. The number of aromatic amines is 2. The molecule has 0 aliphatic carbocycles. The zero-order valence-corrected chi connectivity index (χ0v) is 9.31. The van der Waals surface area contributed by atoms with E-state index in [1.54, 1.807) is 0 Å². The summed E-state index contributed by atoms with van der Waals surface area (Å²) in [7, 11) is 0. The van der Waals surface area contributed by atoms with Gasteiger partial charge in [0.05, 0.1) is 0 Å². The normalized spacial score (nSPS) is 11.7. The predicted octanol–water partition coefficient (Wildman–Crippen LogP) is -0.138. The molecule has 4 N–H and O–H groups in total. The van der Waals surface area contributed by atoms with Gasteiger partial charge < -0.3 is 10.7 Å². The average Bonchev–Trinajstić information content (AvgIpc) is 2.07. The van der Waals surface area contributed by atoms with E-state index >= 15 is 0 Å². The molecule has 1 aromatic heterocycles. The fourth-order valence-corrected chi connectivity index (χ4v) is 1.54. The average molecular weight is 211 g/mol. The summed E-state index contributed by atoms with van der Waals surface area (Å²) in [6.45, 7) is 6.21. The van der Waals surface area contributed by atoms with Crippen molar-refractivity contribution < 1.29 is 0 Å². The molecule has 0 bridgehead atoms. The molecule has 0 aliphatic heterocycles. The monoisotopic (exact) mass is 211 g/mol. The van der Waals surface area contributed by atoms with Crippen molar-refractivity contribution in [3.8, 4) is 0 Å². The number of hydrogen-bond donors (Lipinski definition) is 3. The van der Waals surface area contributed by atoms with E-state index in [1.807, 2.05) is 20.8 Å². The molecule has 0 saturated heterocycles. The lowest BCUT2D eigenvalue weighted by Crippen LogP contribution is -2.33. The molecule has 0 amide bonds. The summed E-state index contributed by atoms with van der Waals surface area (Å²) >= 11 is 0. The zero-order valence-electron chi connectivity index (χ0n) is 9.31. The maximum atomic E-state index is 11.6.